The normalized spacial score (nSPS) is 18.8. The molecule has 0 N–H and O–H groups in total. The van der Waals surface area contributed by atoms with Crippen LogP contribution in [0.25, 0.3) is 5.57 Å². The van der Waals surface area contributed by atoms with Crippen molar-refractivity contribution in [1.29, 1.82) is 0 Å². The molecule has 6 nitrogen and oxygen atoms in total. The lowest BCUT2D eigenvalue weighted by Crippen LogP contribution is -2.17. The van der Waals surface area contributed by atoms with E-state index in [0.29, 0.717) is 33.2 Å². The van der Waals surface area contributed by atoms with E-state index in [1.165, 1.54) is 0 Å². The minimum absolute atomic E-state index is 0.0174. The third-order valence-corrected chi connectivity index (χ3v) is 7.92. The Hall–Kier alpha value is -2.23. The summed E-state index contributed by atoms with van der Waals surface area (Å²) in [5.74, 6) is 3.82. The summed E-state index contributed by atoms with van der Waals surface area (Å²) < 4.78 is 35.0. The van der Waals surface area contributed by atoms with E-state index in [9.17, 15) is 0 Å². The Bertz CT molecular complexity index is 1080. The van der Waals surface area contributed by atoms with Crippen LogP contribution < -0.4 is 9.47 Å². The van der Waals surface area contributed by atoms with E-state index < -0.39 is 0 Å². The number of allylic oxidation sites excluding steroid dienone is 4. The molecule has 1 aromatic heterocycles. The summed E-state index contributed by atoms with van der Waals surface area (Å²) in [4.78, 5) is 0. The van der Waals surface area contributed by atoms with Crippen molar-refractivity contribution >= 4 is 28.7 Å². The lowest BCUT2D eigenvalue weighted by atomic mass is 9.92. The molecule has 0 radical (unpaired) electrons. The fraction of sp³-hybridized carbons (Fsp3) is 0.467. The van der Waals surface area contributed by atoms with Crippen molar-refractivity contribution in [2.45, 2.75) is 45.1 Å². The van der Waals surface area contributed by atoms with Crippen molar-refractivity contribution in [3.05, 3.63) is 75.5 Å². The summed E-state index contributed by atoms with van der Waals surface area (Å²) in [6, 6.07) is 8.20. The number of rotatable bonds is 17. The van der Waals surface area contributed by atoms with Gasteiger partial charge in [0.25, 0.3) is 0 Å². The maximum atomic E-state index is 6.25. The summed E-state index contributed by atoms with van der Waals surface area (Å²) >= 11 is 3.41. The lowest BCUT2D eigenvalue weighted by Gasteiger charge is -2.23. The van der Waals surface area contributed by atoms with Gasteiger partial charge >= 0.3 is 0 Å². The summed E-state index contributed by atoms with van der Waals surface area (Å²) in [6.45, 7) is 7.07. The van der Waals surface area contributed by atoms with Crippen LogP contribution >= 0.6 is 23.1 Å². The average molecular weight is 559 g/mol. The van der Waals surface area contributed by atoms with Crippen LogP contribution in [0.1, 0.15) is 50.2 Å². The van der Waals surface area contributed by atoms with Gasteiger partial charge in [-0.05, 0) is 61.6 Å². The molecule has 1 aliphatic carbocycles. The van der Waals surface area contributed by atoms with Crippen LogP contribution in [0.5, 0.6) is 11.5 Å². The maximum Gasteiger partial charge on any atom is 0.189 e. The molecule has 38 heavy (non-hydrogen) atoms. The van der Waals surface area contributed by atoms with Gasteiger partial charge in [-0.1, -0.05) is 30.4 Å². The molecule has 4 rings (SSSR count). The molecule has 2 unspecified atom stereocenters. The van der Waals surface area contributed by atoms with Crippen LogP contribution in [0.2, 0.25) is 0 Å². The molecule has 2 aromatic rings. The Labute approximate surface area is 234 Å². The van der Waals surface area contributed by atoms with Crippen molar-refractivity contribution in [1.82, 2.24) is 0 Å². The third kappa shape index (κ3) is 8.13. The van der Waals surface area contributed by atoms with Crippen molar-refractivity contribution < 1.29 is 28.4 Å². The van der Waals surface area contributed by atoms with Crippen LogP contribution in [0.15, 0.2) is 64.4 Å². The van der Waals surface area contributed by atoms with Crippen LogP contribution in [0, 0.1) is 0 Å². The highest BCUT2D eigenvalue weighted by molar-refractivity contribution is 8.02. The average Bonchev–Trinajstić information content (AvgIpc) is 3.61. The Morgan fingerprint density at radius 2 is 1.71 bits per heavy atom. The third-order valence-electron chi connectivity index (χ3n) is 6.27. The van der Waals surface area contributed by atoms with Crippen LogP contribution in [-0.2, 0) is 18.9 Å². The molecule has 0 bridgehead atoms. The fourth-order valence-electron chi connectivity index (χ4n) is 4.28. The van der Waals surface area contributed by atoms with Crippen molar-refractivity contribution in [3.63, 3.8) is 0 Å². The largest absolute Gasteiger partial charge is 0.497 e. The quantitative estimate of drug-likeness (QED) is 0.148. The molecule has 0 spiro atoms. The van der Waals surface area contributed by atoms with E-state index in [1.54, 1.807) is 23.1 Å². The van der Waals surface area contributed by atoms with Gasteiger partial charge in [-0.15, -0.1) is 23.1 Å². The van der Waals surface area contributed by atoms with Crippen molar-refractivity contribution in [3.8, 4) is 11.5 Å². The molecule has 0 amide bonds. The molecular weight excluding hydrogens is 520 g/mol. The predicted molar refractivity (Wildman–Crippen MR) is 155 cm³/mol. The molecule has 0 fully saturated rings. The monoisotopic (exact) mass is 558 g/mol. The number of benzene rings is 1. The topological polar surface area (TPSA) is 55.4 Å². The molecule has 2 aliphatic rings. The van der Waals surface area contributed by atoms with E-state index in [2.05, 4.69) is 35.1 Å². The highest BCUT2D eigenvalue weighted by Gasteiger charge is 2.25. The molecule has 0 saturated heterocycles. The van der Waals surface area contributed by atoms with E-state index in [-0.39, 0.29) is 18.8 Å². The Morgan fingerprint density at radius 1 is 0.895 bits per heavy atom. The minimum atomic E-state index is 0.0174. The predicted octanol–water partition coefficient (Wildman–Crippen LogP) is 7.39. The number of ether oxygens (including phenoxy) is 6. The number of thioether (sulfide) groups is 1. The zero-order valence-corrected chi connectivity index (χ0v) is 23.9. The van der Waals surface area contributed by atoms with Gasteiger partial charge < -0.3 is 28.4 Å². The van der Waals surface area contributed by atoms with Gasteiger partial charge in [0.2, 0.25) is 0 Å². The molecule has 2 heterocycles. The number of unbranched alkanes of at least 4 members (excludes halogenated alkanes) is 1. The van der Waals surface area contributed by atoms with Gasteiger partial charge in [-0.2, -0.15) is 0 Å². The number of thiophene rings is 1. The first-order valence-electron chi connectivity index (χ1n) is 13.3. The first-order chi connectivity index (χ1) is 18.8. The number of para-hydroxylation sites is 1. The summed E-state index contributed by atoms with van der Waals surface area (Å²) in [5, 5.41) is 6.36. The first-order valence-corrected chi connectivity index (χ1v) is 15.3. The lowest BCUT2D eigenvalue weighted by molar-refractivity contribution is -0.0618. The molecule has 2 atom stereocenters. The summed E-state index contributed by atoms with van der Waals surface area (Å²) in [5.41, 5.74) is 3.42. The molecule has 8 heteroatoms. The standard InChI is InChI=1S/C30H38O6S2/c1-3-31-21-35-29-19-37-17-25(29)23-11-5-7-13-27(23)33-15-9-10-16-34-28-14-8-6-12-24(28)26-18-38-20-30(26)36-22-32-4-2/h5-8,11,13-14,17-18,20,24,29H,3-4,9-10,12,15-16,19,21-22H2,1-2H3. The van der Waals surface area contributed by atoms with Gasteiger partial charge in [0, 0.05) is 41.4 Å². The van der Waals surface area contributed by atoms with Crippen molar-refractivity contribution in [2.75, 3.05) is 45.8 Å². The number of hydrogen-bond acceptors (Lipinski definition) is 8. The van der Waals surface area contributed by atoms with Gasteiger partial charge in [0.05, 0.1) is 19.3 Å². The first kappa shape index (κ1) is 28.8. The highest BCUT2D eigenvalue weighted by Crippen LogP contribution is 2.40. The molecule has 0 saturated carbocycles. The number of hydrogen-bond donors (Lipinski definition) is 0. The molecule has 206 valence electrons. The van der Waals surface area contributed by atoms with Crippen LogP contribution in [-0.4, -0.2) is 51.9 Å². The van der Waals surface area contributed by atoms with Crippen molar-refractivity contribution in [2.24, 2.45) is 0 Å². The molecular formula is C30H38O6S2. The zero-order valence-electron chi connectivity index (χ0n) is 22.3. The smallest absolute Gasteiger partial charge is 0.189 e. The van der Waals surface area contributed by atoms with Crippen LogP contribution in [0.4, 0.5) is 0 Å². The second-order valence-corrected chi connectivity index (χ2v) is 10.5. The Morgan fingerprint density at radius 3 is 2.58 bits per heavy atom. The van der Waals surface area contributed by atoms with E-state index in [1.807, 2.05) is 37.4 Å². The van der Waals surface area contributed by atoms with E-state index in [0.717, 1.165) is 59.0 Å². The second-order valence-electron chi connectivity index (χ2n) is 8.80. The highest BCUT2D eigenvalue weighted by atomic mass is 32.2. The summed E-state index contributed by atoms with van der Waals surface area (Å²) in [7, 11) is 0. The van der Waals surface area contributed by atoms with Gasteiger partial charge in [-0.25, -0.2) is 0 Å². The maximum absolute atomic E-state index is 6.25. The van der Waals surface area contributed by atoms with E-state index in [4.69, 9.17) is 28.4 Å². The fourth-order valence-corrected chi connectivity index (χ4v) is 6.11. The van der Waals surface area contributed by atoms with Crippen LogP contribution in [0.3, 0.4) is 0 Å². The van der Waals surface area contributed by atoms with Gasteiger partial charge in [-0.3, -0.25) is 0 Å². The minimum Gasteiger partial charge on any atom is -0.497 e. The van der Waals surface area contributed by atoms with Gasteiger partial charge in [0.15, 0.2) is 6.79 Å². The second kappa shape index (κ2) is 16.0. The van der Waals surface area contributed by atoms with E-state index >= 15 is 0 Å². The van der Waals surface area contributed by atoms with Gasteiger partial charge in [0.1, 0.15) is 24.1 Å². The SMILES string of the molecule is CCOCOc1cscc1C1CC=CC=C1OCCCCOc1ccccc1C1=CSCC1OCOCC. The molecule has 1 aliphatic heterocycles. The summed E-state index contributed by atoms with van der Waals surface area (Å²) in [6.07, 6.45) is 9.05. The molecule has 1 aromatic carbocycles. The Balaban J connectivity index is 1.23. The Kier molecular flexibility index (Phi) is 12.1. The zero-order chi connectivity index (χ0) is 26.4.